The van der Waals surface area contributed by atoms with Gasteiger partial charge in [0.2, 0.25) is 0 Å². The maximum atomic E-state index is 11.6. The van der Waals surface area contributed by atoms with Gasteiger partial charge in [0.25, 0.3) is 5.69 Å². The molecule has 1 aromatic heterocycles. The fourth-order valence-corrected chi connectivity index (χ4v) is 4.04. The van der Waals surface area contributed by atoms with Crippen molar-refractivity contribution in [3.05, 3.63) is 58.4 Å². The zero-order valence-electron chi connectivity index (χ0n) is 19.7. The second-order valence-electron chi connectivity index (χ2n) is 8.35. The summed E-state index contributed by atoms with van der Waals surface area (Å²) in [6, 6.07) is 11.1. The maximum absolute atomic E-state index is 11.6. The van der Waals surface area contributed by atoms with E-state index < -0.39 is 4.92 Å². The Kier molecular flexibility index (Phi) is 7.71. The van der Waals surface area contributed by atoms with Crippen LogP contribution in [0.4, 0.5) is 17.2 Å². The molecule has 0 radical (unpaired) electrons. The van der Waals surface area contributed by atoms with Crippen LogP contribution in [0.5, 0.6) is 5.75 Å². The molecule has 0 unspecified atom stereocenters. The molecule has 34 heavy (non-hydrogen) atoms. The van der Waals surface area contributed by atoms with E-state index in [9.17, 15) is 10.1 Å². The van der Waals surface area contributed by atoms with Gasteiger partial charge in [0.15, 0.2) is 0 Å². The maximum Gasteiger partial charge on any atom is 0.293 e. The molecule has 10 heteroatoms. The number of aromatic nitrogens is 2. The molecule has 0 amide bonds. The van der Waals surface area contributed by atoms with Gasteiger partial charge in [-0.1, -0.05) is 18.2 Å². The van der Waals surface area contributed by atoms with Gasteiger partial charge in [-0.05, 0) is 26.1 Å². The summed E-state index contributed by atoms with van der Waals surface area (Å²) in [5, 5.41) is 18.5. The first kappa shape index (κ1) is 23.7. The van der Waals surface area contributed by atoms with E-state index in [-0.39, 0.29) is 5.69 Å². The second kappa shape index (κ2) is 11.1. The van der Waals surface area contributed by atoms with Crippen LogP contribution in [0.1, 0.15) is 12.5 Å². The third kappa shape index (κ3) is 5.70. The summed E-state index contributed by atoms with van der Waals surface area (Å²) >= 11 is 0. The molecule has 2 heterocycles. The molecule has 180 valence electrons. The third-order valence-electron chi connectivity index (χ3n) is 6.00. The van der Waals surface area contributed by atoms with E-state index in [1.54, 1.807) is 6.07 Å². The normalized spacial score (nSPS) is 14.8. The van der Waals surface area contributed by atoms with Crippen molar-refractivity contribution in [3.8, 4) is 5.75 Å². The van der Waals surface area contributed by atoms with E-state index >= 15 is 0 Å². The Balaban J connectivity index is 1.45. The monoisotopic (exact) mass is 465 g/mol. The van der Waals surface area contributed by atoms with Crippen LogP contribution < -0.4 is 15.4 Å². The molecule has 0 spiro atoms. The third-order valence-corrected chi connectivity index (χ3v) is 6.00. The lowest BCUT2D eigenvalue weighted by Crippen LogP contribution is -2.45. The summed E-state index contributed by atoms with van der Waals surface area (Å²) < 4.78 is 6.11. The minimum atomic E-state index is -0.391. The molecule has 0 bridgehead atoms. The van der Waals surface area contributed by atoms with Gasteiger partial charge in [-0.3, -0.25) is 15.0 Å². The van der Waals surface area contributed by atoms with Gasteiger partial charge < -0.3 is 20.3 Å². The highest BCUT2D eigenvalue weighted by Crippen LogP contribution is 2.32. The van der Waals surface area contributed by atoms with E-state index in [0.717, 1.165) is 44.0 Å². The average molecular weight is 466 g/mol. The van der Waals surface area contributed by atoms with Crippen LogP contribution in [0.3, 0.4) is 0 Å². The average Bonchev–Trinajstić information content (AvgIpc) is 2.84. The molecule has 10 nitrogen and oxygen atoms in total. The Bertz CT molecular complexity index is 1130. The zero-order chi connectivity index (χ0) is 23.9. The van der Waals surface area contributed by atoms with Crippen molar-refractivity contribution in [1.82, 2.24) is 19.8 Å². The molecule has 2 aromatic carbocycles. The minimum Gasteiger partial charge on any atom is -0.492 e. The predicted octanol–water partition coefficient (Wildman–Crippen LogP) is 3.21. The van der Waals surface area contributed by atoms with Crippen molar-refractivity contribution in [2.45, 2.75) is 13.5 Å². The lowest BCUT2D eigenvalue weighted by atomic mass is 10.1. The number of nitrogens with one attached hydrogen (secondary N) is 2. The predicted molar refractivity (Wildman–Crippen MR) is 134 cm³/mol. The van der Waals surface area contributed by atoms with Gasteiger partial charge in [0, 0.05) is 62.8 Å². The molecule has 1 aliphatic heterocycles. The Labute approximate surface area is 199 Å². The number of fused-ring (bicyclic) bond motifs is 1. The number of benzene rings is 2. The largest absolute Gasteiger partial charge is 0.492 e. The highest BCUT2D eigenvalue weighted by Gasteiger charge is 2.18. The highest BCUT2D eigenvalue weighted by atomic mass is 16.6. The number of ether oxygens (including phenoxy) is 1. The van der Waals surface area contributed by atoms with Crippen molar-refractivity contribution in [1.29, 1.82) is 0 Å². The van der Waals surface area contributed by atoms with E-state index in [1.807, 2.05) is 31.2 Å². The van der Waals surface area contributed by atoms with Gasteiger partial charge in [-0.25, -0.2) is 9.97 Å². The summed E-state index contributed by atoms with van der Waals surface area (Å²) in [4.78, 5) is 24.6. The smallest absolute Gasteiger partial charge is 0.293 e. The number of rotatable bonds is 10. The molecule has 0 saturated carbocycles. The van der Waals surface area contributed by atoms with Gasteiger partial charge in [-0.15, -0.1) is 0 Å². The fraction of sp³-hybridized carbons (Fsp3) is 0.417. The molecule has 1 saturated heterocycles. The molecule has 3 aromatic rings. The Morgan fingerprint density at radius 3 is 2.68 bits per heavy atom. The molecule has 1 fully saturated rings. The van der Waals surface area contributed by atoms with Crippen molar-refractivity contribution in [2.24, 2.45) is 0 Å². The van der Waals surface area contributed by atoms with Gasteiger partial charge >= 0.3 is 0 Å². The van der Waals surface area contributed by atoms with E-state index in [4.69, 9.17) is 4.74 Å². The molecule has 1 aliphatic rings. The van der Waals surface area contributed by atoms with Crippen LogP contribution in [-0.4, -0.2) is 77.6 Å². The first-order valence-corrected chi connectivity index (χ1v) is 11.6. The van der Waals surface area contributed by atoms with Crippen molar-refractivity contribution >= 4 is 28.1 Å². The summed E-state index contributed by atoms with van der Waals surface area (Å²) in [7, 11) is 2.15. The van der Waals surface area contributed by atoms with Crippen LogP contribution in [0.25, 0.3) is 10.9 Å². The second-order valence-corrected chi connectivity index (χ2v) is 8.35. The number of piperazine rings is 1. The topological polar surface area (TPSA) is 109 Å². The van der Waals surface area contributed by atoms with Gasteiger partial charge in [-0.2, -0.15) is 0 Å². The van der Waals surface area contributed by atoms with Crippen LogP contribution >= 0.6 is 0 Å². The molecule has 4 rings (SSSR count). The van der Waals surface area contributed by atoms with E-state index in [1.165, 1.54) is 12.4 Å². The Morgan fingerprint density at radius 1 is 1.12 bits per heavy atom. The number of anilines is 2. The molecular formula is C24H31N7O3. The Morgan fingerprint density at radius 2 is 1.91 bits per heavy atom. The SMILES string of the molecule is CCNc1cc2ncnc(NCc3ccccc3OCCN3CCN(C)CC3)c2cc1[N+](=O)[O-]. The number of nitrogens with zero attached hydrogens (tertiary/aromatic N) is 5. The lowest BCUT2D eigenvalue weighted by molar-refractivity contribution is -0.383. The Hall–Kier alpha value is -3.50. The van der Waals surface area contributed by atoms with Crippen molar-refractivity contribution < 1.29 is 9.66 Å². The van der Waals surface area contributed by atoms with Crippen LogP contribution in [0.2, 0.25) is 0 Å². The number of hydrogen-bond acceptors (Lipinski definition) is 9. The minimum absolute atomic E-state index is 0.000148. The van der Waals surface area contributed by atoms with E-state index in [0.29, 0.717) is 42.1 Å². The number of nitro groups is 1. The number of nitro benzene ring substituents is 1. The van der Waals surface area contributed by atoms with Crippen LogP contribution in [0.15, 0.2) is 42.7 Å². The first-order chi connectivity index (χ1) is 16.5. The summed E-state index contributed by atoms with van der Waals surface area (Å²) in [5.74, 6) is 1.37. The fourth-order valence-electron chi connectivity index (χ4n) is 4.04. The number of hydrogen-bond donors (Lipinski definition) is 2. The summed E-state index contributed by atoms with van der Waals surface area (Å²) in [6.45, 7) is 8.75. The van der Waals surface area contributed by atoms with E-state index in [2.05, 4.69) is 37.4 Å². The molecular weight excluding hydrogens is 434 g/mol. The standard InChI is InChI=1S/C24H31N7O3/c1-3-25-21-15-20-19(14-22(21)31(32)33)24(28-17-27-20)26-16-18-6-4-5-7-23(18)34-13-12-30-10-8-29(2)9-11-30/h4-7,14-15,17,25H,3,8-13,16H2,1-2H3,(H,26,27,28). The summed E-state index contributed by atoms with van der Waals surface area (Å²) in [6.07, 6.45) is 1.46. The van der Waals surface area contributed by atoms with Crippen molar-refractivity contribution in [3.63, 3.8) is 0 Å². The number of para-hydroxylation sites is 1. The van der Waals surface area contributed by atoms with Crippen LogP contribution in [0, 0.1) is 10.1 Å². The highest BCUT2D eigenvalue weighted by molar-refractivity contribution is 5.94. The lowest BCUT2D eigenvalue weighted by Gasteiger charge is -2.32. The summed E-state index contributed by atoms with van der Waals surface area (Å²) in [5.41, 5.74) is 2.07. The quantitative estimate of drug-likeness (QED) is 0.345. The van der Waals surface area contributed by atoms with Gasteiger partial charge in [0.1, 0.15) is 30.2 Å². The van der Waals surface area contributed by atoms with Gasteiger partial charge in [0.05, 0.1) is 10.4 Å². The van der Waals surface area contributed by atoms with Crippen molar-refractivity contribution in [2.75, 3.05) is 63.6 Å². The number of likely N-dealkylation sites (N-methyl/N-ethyl adjacent to an activating group) is 1. The molecule has 0 aliphatic carbocycles. The molecule has 2 N–H and O–H groups in total. The first-order valence-electron chi connectivity index (χ1n) is 11.6. The van der Waals surface area contributed by atoms with Crippen LogP contribution in [-0.2, 0) is 6.54 Å². The molecule has 0 atom stereocenters. The zero-order valence-corrected chi connectivity index (χ0v) is 19.7.